The number of aliphatic carboxylic acids is 1. The predicted octanol–water partition coefficient (Wildman–Crippen LogP) is 1.89. The van der Waals surface area contributed by atoms with Crippen LogP contribution in [0.4, 0.5) is 11.6 Å². The molecule has 0 radical (unpaired) electrons. The van der Waals surface area contributed by atoms with Gasteiger partial charge in [-0.15, -0.1) is 0 Å². The third-order valence-corrected chi connectivity index (χ3v) is 3.32. The van der Waals surface area contributed by atoms with Gasteiger partial charge in [0.05, 0.1) is 12.2 Å². The van der Waals surface area contributed by atoms with Gasteiger partial charge in [0.15, 0.2) is 0 Å². The molecule has 0 amide bonds. The van der Waals surface area contributed by atoms with E-state index in [2.05, 4.69) is 4.98 Å². The molecule has 1 aromatic carbocycles. The molecular weight excluding hydrogens is 258 g/mol. The van der Waals surface area contributed by atoms with Crippen molar-refractivity contribution in [2.75, 3.05) is 11.4 Å². The highest BCUT2D eigenvalue weighted by atomic mass is 16.5. The van der Waals surface area contributed by atoms with Gasteiger partial charge in [-0.05, 0) is 19.1 Å². The molecule has 2 aromatic rings. The van der Waals surface area contributed by atoms with E-state index in [-0.39, 0.29) is 6.54 Å². The van der Waals surface area contributed by atoms with E-state index in [1.165, 1.54) is 0 Å². The second-order valence-electron chi connectivity index (χ2n) is 4.54. The van der Waals surface area contributed by atoms with E-state index in [1.54, 1.807) is 12.3 Å². The number of carbonyl (C=O) groups is 1. The van der Waals surface area contributed by atoms with Crippen molar-refractivity contribution in [2.24, 2.45) is 0 Å². The molecule has 0 bridgehead atoms. The summed E-state index contributed by atoms with van der Waals surface area (Å²) in [6, 6.07) is 7.40. The molecule has 2 heterocycles. The normalized spacial score (nSPS) is 17.4. The van der Waals surface area contributed by atoms with Crippen LogP contribution in [0.1, 0.15) is 6.92 Å². The fraction of sp³-hybridized carbons (Fsp3) is 0.286. The number of para-hydroxylation sites is 2. The second kappa shape index (κ2) is 4.88. The van der Waals surface area contributed by atoms with Gasteiger partial charge in [-0.25, -0.2) is 9.78 Å². The Morgan fingerprint density at radius 2 is 2.30 bits per heavy atom. The Kier molecular flexibility index (Phi) is 3.06. The third kappa shape index (κ3) is 1.99. The van der Waals surface area contributed by atoms with Crippen LogP contribution in [0.2, 0.25) is 0 Å². The van der Waals surface area contributed by atoms with Gasteiger partial charge < -0.3 is 19.3 Å². The highest BCUT2D eigenvalue weighted by Gasteiger charge is 2.32. The fourth-order valence-corrected chi connectivity index (χ4v) is 2.35. The monoisotopic (exact) mass is 273 g/mol. The number of rotatable bonds is 3. The molecule has 6 heteroatoms. The maximum absolute atomic E-state index is 11.3. The van der Waals surface area contributed by atoms with Gasteiger partial charge in [0.1, 0.15) is 5.75 Å². The van der Waals surface area contributed by atoms with Crippen LogP contribution in [0.25, 0.3) is 0 Å². The highest BCUT2D eigenvalue weighted by molar-refractivity contribution is 5.78. The third-order valence-electron chi connectivity index (χ3n) is 3.32. The van der Waals surface area contributed by atoms with Crippen LogP contribution in [-0.4, -0.2) is 33.3 Å². The van der Waals surface area contributed by atoms with Crippen LogP contribution >= 0.6 is 0 Å². The Labute approximate surface area is 116 Å². The minimum Gasteiger partial charge on any atom is -0.478 e. The first-order chi connectivity index (χ1) is 9.70. The predicted molar refractivity (Wildman–Crippen MR) is 73.4 cm³/mol. The SMILES string of the molecule is CCn1ccnc1N1CC(C(=O)O)Oc2ccccc21. The van der Waals surface area contributed by atoms with E-state index < -0.39 is 12.1 Å². The number of carboxylic acid groups (broad SMARTS) is 1. The summed E-state index contributed by atoms with van der Waals surface area (Å²) in [5.74, 6) is 0.324. The molecule has 104 valence electrons. The zero-order chi connectivity index (χ0) is 14.1. The second-order valence-corrected chi connectivity index (χ2v) is 4.54. The number of aryl methyl sites for hydroxylation is 1. The number of carboxylic acids is 1. The average Bonchev–Trinajstić information content (AvgIpc) is 2.94. The lowest BCUT2D eigenvalue weighted by Crippen LogP contribution is -2.43. The molecule has 0 saturated heterocycles. The van der Waals surface area contributed by atoms with E-state index in [0.717, 1.165) is 18.2 Å². The number of ether oxygens (including phenoxy) is 1. The molecule has 0 saturated carbocycles. The number of hydrogen-bond donors (Lipinski definition) is 1. The Bertz CT molecular complexity index is 638. The average molecular weight is 273 g/mol. The van der Waals surface area contributed by atoms with Crippen molar-refractivity contribution in [3.8, 4) is 5.75 Å². The summed E-state index contributed by atoms with van der Waals surface area (Å²) in [7, 11) is 0. The first kappa shape index (κ1) is 12.5. The quantitative estimate of drug-likeness (QED) is 0.925. The van der Waals surface area contributed by atoms with E-state index in [9.17, 15) is 9.90 Å². The summed E-state index contributed by atoms with van der Waals surface area (Å²) >= 11 is 0. The van der Waals surface area contributed by atoms with E-state index in [0.29, 0.717) is 5.75 Å². The lowest BCUT2D eigenvalue weighted by atomic mass is 10.2. The molecular formula is C14H15N3O3. The zero-order valence-corrected chi connectivity index (χ0v) is 11.1. The van der Waals surface area contributed by atoms with Gasteiger partial charge in [0.2, 0.25) is 12.1 Å². The van der Waals surface area contributed by atoms with Crippen molar-refractivity contribution in [2.45, 2.75) is 19.6 Å². The summed E-state index contributed by atoms with van der Waals surface area (Å²) in [6.45, 7) is 3.03. The van der Waals surface area contributed by atoms with Crippen LogP contribution in [0, 0.1) is 0 Å². The van der Waals surface area contributed by atoms with E-state index in [1.807, 2.05) is 40.8 Å². The van der Waals surface area contributed by atoms with Crippen LogP contribution in [-0.2, 0) is 11.3 Å². The first-order valence-corrected chi connectivity index (χ1v) is 6.48. The number of aromatic nitrogens is 2. The molecule has 20 heavy (non-hydrogen) atoms. The van der Waals surface area contributed by atoms with E-state index in [4.69, 9.17) is 4.74 Å². The molecule has 1 aliphatic rings. The van der Waals surface area contributed by atoms with Crippen LogP contribution < -0.4 is 9.64 Å². The fourth-order valence-electron chi connectivity index (χ4n) is 2.35. The zero-order valence-electron chi connectivity index (χ0n) is 11.1. The van der Waals surface area contributed by atoms with Crippen molar-refractivity contribution < 1.29 is 14.6 Å². The van der Waals surface area contributed by atoms with Crippen molar-refractivity contribution in [1.82, 2.24) is 9.55 Å². The van der Waals surface area contributed by atoms with Crippen molar-refractivity contribution in [1.29, 1.82) is 0 Å². The molecule has 1 atom stereocenters. The van der Waals surface area contributed by atoms with Gasteiger partial charge in [0.25, 0.3) is 0 Å². The highest BCUT2D eigenvalue weighted by Crippen LogP contribution is 2.37. The summed E-state index contributed by atoms with van der Waals surface area (Å²) in [5, 5.41) is 9.23. The smallest absolute Gasteiger partial charge is 0.346 e. The number of benzene rings is 1. The number of anilines is 2. The van der Waals surface area contributed by atoms with Crippen molar-refractivity contribution in [3.63, 3.8) is 0 Å². The Balaban J connectivity index is 2.07. The molecule has 0 aliphatic carbocycles. The molecule has 0 fully saturated rings. The molecule has 6 nitrogen and oxygen atoms in total. The minimum absolute atomic E-state index is 0.239. The molecule has 3 rings (SSSR count). The summed E-state index contributed by atoms with van der Waals surface area (Å²) in [6.07, 6.45) is 2.70. The lowest BCUT2D eigenvalue weighted by molar-refractivity contribution is -0.144. The molecule has 1 unspecified atom stereocenters. The van der Waals surface area contributed by atoms with Crippen molar-refractivity contribution in [3.05, 3.63) is 36.7 Å². The standard InChI is InChI=1S/C14H15N3O3/c1-2-16-8-7-15-14(16)17-9-12(13(18)19)20-11-6-4-3-5-10(11)17/h3-8,12H,2,9H2,1H3,(H,18,19). The minimum atomic E-state index is -0.973. The van der Waals surface area contributed by atoms with Gasteiger partial charge in [0, 0.05) is 18.9 Å². The maximum atomic E-state index is 11.3. The first-order valence-electron chi connectivity index (χ1n) is 6.48. The number of nitrogens with zero attached hydrogens (tertiary/aromatic N) is 3. The van der Waals surface area contributed by atoms with Crippen LogP contribution in [0.15, 0.2) is 36.7 Å². The largest absolute Gasteiger partial charge is 0.478 e. The Morgan fingerprint density at radius 1 is 1.50 bits per heavy atom. The topological polar surface area (TPSA) is 67.6 Å². The molecule has 0 spiro atoms. The van der Waals surface area contributed by atoms with Gasteiger partial charge in [-0.2, -0.15) is 0 Å². The lowest BCUT2D eigenvalue weighted by Gasteiger charge is -2.33. The van der Waals surface area contributed by atoms with Gasteiger partial charge in [-0.1, -0.05) is 12.1 Å². The molecule has 1 aliphatic heterocycles. The summed E-state index contributed by atoms with van der Waals surface area (Å²) < 4.78 is 7.49. The van der Waals surface area contributed by atoms with Gasteiger partial charge >= 0.3 is 5.97 Å². The molecule has 1 N–H and O–H groups in total. The Morgan fingerprint density at radius 3 is 3.05 bits per heavy atom. The maximum Gasteiger partial charge on any atom is 0.346 e. The number of hydrogen-bond acceptors (Lipinski definition) is 4. The van der Waals surface area contributed by atoms with Crippen molar-refractivity contribution >= 4 is 17.6 Å². The molecule has 1 aromatic heterocycles. The Hall–Kier alpha value is -2.50. The van der Waals surface area contributed by atoms with E-state index >= 15 is 0 Å². The van der Waals surface area contributed by atoms with Crippen LogP contribution in [0.3, 0.4) is 0 Å². The summed E-state index contributed by atoms with van der Waals surface area (Å²) in [5.41, 5.74) is 0.839. The number of fused-ring (bicyclic) bond motifs is 1. The van der Waals surface area contributed by atoms with Crippen LogP contribution in [0.5, 0.6) is 5.75 Å². The van der Waals surface area contributed by atoms with Gasteiger partial charge in [-0.3, -0.25) is 0 Å². The number of imidazole rings is 1. The summed E-state index contributed by atoms with van der Waals surface area (Å²) in [4.78, 5) is 17.5.